The summed E-state index contributed by atoms with van der Waals surface area (Å²) in [5, 5.41) is 10.2. The van der Waals surface area contributed by atoms with E-state index in [1.54, 1.807) is 109 Å². The second-order valence-electron chi connectivity index (χ2n) is 14.3. The van der Waals surface area contributed by atoms with Crippen molar-refractivity contribution in [2.24, 2.45) is 14.1 Å². The Hall–Kier alpha value is -6.45. The fourth-order valence-corrected chi connectivity index (χ4v) is 10.6. The van der Waals surface area contributed by atoms with Crippen molar-refractivity contribution in [2.75, 3.05) is 0 Å². The highest BCUT2D eigenvalue weighted by molar-refractivity contribution is 14.1. The van der Waals surface area contributed by atoms with E-state index in [2.05, 4.69) is 30.1 Å². The number of hydrogen-bond acceptors (Lipinski definition) is 10. The Kier molecular flexibility index (Phi) is 9.78. The standard InChI is InChI=1S/C21H15FIN5O2S.C21H16FN5O2S/c1-12-3-5-14(6-4-12)31(29,30)28-18-10-24-17(13-8-26-27(2)11-13)7-15(18)19-20(23)16(22)9-25-21(19)28;1-13-3-5-16(6-4-13)30(28,29)27-20-11-23-19(14-9-25-26(2)12-14)8-17(20)18-7-15(22)10-24-21(18)27/h3-11H,1-2H3;3-12H,1-2H3. The molecule has 61 heavy (non-hydrogen) atoms. The number of aryl methyl sites for hydroxylation is 4. The minimum atomic E-state index is -4.00. The quantitative estimate of drug-likeness (QED) is 0.149. The Labute approximate surface area is 360 Å². The fourth-order valence-electron chi connectivity index (χ4n) is 7.05. The van der Waals surface area contributed by atoms with E-state index in [-0.39, 0.29) is 21.1 Å². The Bertz CT molecular complexity index is 3600. The summed E-state index contributed by atoms with van der Waals surface area (Å²) in [7, 11) is -4.38. The highest BCUT2D eigenvalue weighted by Gasteiger charge is 2.28. The van der Waals surface area contributed by atoms with Gasteiger partial charge in [0.1, 0.15) is 5.82 Å². The van der Waals surface area contributed by atoms with Crippen LogP contribution in [0.1, 0.15) is 11.1 Å². The largest absolute Gasteiger partial charge is 0.275 e. The van der Waals surface area contributed by atoms with Crippen LogP contribution in [0.5, 0.6) is 0 Å². The van der Waals surface area contributed by atoms with Crippen LogP contribution in [0, 0.1) is 29.1 Å². The van der Waals surface area contributed by atoms with E-state index in [4.69, 9.17) is 0 Å². The number of benzene rings is 2. The molecule has 8 aromatic heterocycles. The first-order chi connectivity index (χ1) is 29.1. The molecule has 0 bridgehead atoms. The molecule has 0 aliphatic heterocycles. The Morgan fingerprint density at radius 2 is 1.03 bits per heavy atom. The van der Waals surface area contributed by atoms with Crippen LogP contribution in [-0.2, 0) is 34.1 Å². The van der Waals surface area contributed by atoms with Gasteiger partial charge in [-0.05, 0) is 78.9 Å². The predicted octanol–water partition coefficient (Wildman–Crippen LogP) is 7.94. The number of hydrogen-bond donors (Lipinski definition) is 0. The molecule has 306 valence electrons. The van der Waals surface area contributed by atoms with E-state index in [0.29, 0.717) is 47.5 Å². The first-order valence-corrected chi connectivity index (χ1v) is 22.3. The van der Waals surface area contributed by atoms with Gasteiger partial charge in [0.2, 0.25) is 0 Å². The first-order valence-electron chi connectivity index (χ1n) is 18.3. The molecule has 19 heteroatoms. The van der Waals surface area contributed by atoms with E-state index < -0.39 is 31.7 Å². The van der Waals surface area contributed by atoms with Gasteiger partial charge in [0.25, 0.3) is 20.0 Å². The molecule has 0 amide bonds. The summed E-state index contributed by atoms with van der Waals surface area (Å²) < 4.78 is 88.4. The summed E-state index contributed by atoms with van der Waals surface area (Å²) in [4.78, 5) is 17.4. The molecule has 0 spiro atoms. The maximum Gasteiger partial charge on any atom is 0.269 e. The summed E-state index contributed by atoms with van der Waals surface area (Å²) in [5.74, 6) is -1.06. The van der Waals surface area contributed by atoms with Crippen LogP contribution in [0.15, 0.2) is 126 Å². The van der Waals surface area contributed by atoms with E-state index in [1.807, 2.05) is 36.4 Å². The number of halogens is 3. The van der Waals surface area contributed by atoms with Crippen LogP contribution in [-0.4, -0.2) is 64.3 Å². The Morgan fingerprint density at radius 3 is 1.54 bits per heavy atom. The van der Waals surface area contributed by atoms with Crippen LogP contribution < -0.4 is 0 Å². The van der Waals surface area contributed by atoms with E-state index in [9.17, 15) is 25.6 Å². The molecular formula is C42H31F2IN10O4S2. The average molecular weight is 969 g/mol. The molecule has 0 N–H and O–H groups in total. The van der Waals surface area contributed by atoms with Crippen molar-refractivity contribution in [3.8, 4) is 22.5 Å². The second kappa shape index (κ2) is 14.9. The van der Waals surface area contributed by atoms with Gasteiger partial charge in [-0.15, -0.1) is 0 Å². The topological polar surface area (TPSA) is 165 Å². The zero-order valence-corrected chi connectivity index (χ0v) is 36.3. The summed E-state index contributed by atoms with van der Waals surface area (Å²) in [6.07, 6.45) is 11.9. The van der Waals surface area contributed by atoms with Crippen molar-refractivity contribution in [1.29, 1.82) is 0 Å². The minimum absolute atomic E-state index is 0.120. The number of fused-ring (bicyclic) bond motifs is 6. The van der Waals surface area contributed by atoms with Crippen molar-refractivity contribution in [3.63, 3.8) is 0 Å². The van der Waals surface area contributed by atoms with Crippen LogP contribution in [0.4, 0.5) is 8.78 Å². The van der Waals surface area contributed by atoms with Crippen molar-refractivity contribution >= 4 is 86.5 Å². The van der Waals surface area contributed by atoms with Gasteiger partial charge in [0.15, 0.2) is 17.1 Å². The van der Waals surface area contributed by atoms with Gasteiger partial charge in [-0.1, -0.05) is 35.4 Å². The van der Waals surface area contributed by atoms with Gasteiger partial charge in [-0.2, -0.15) is 10.2 Å². The summed E-state index contributed by atoms with van der Waals surface area (Å²) in [5.41, 5.74) is 5.60. The third-order valence-electron chi connectivity index (χ3n) is 10.1. The lowest BCUT2D eigenvalue weighted by molar-refractivity contribution is 0.588. The molecule has 14 nitrogen and oxygen atoms in total. The SMILES string of the molecule is Cc1ccc(S(=O)(=O)n2c3cnc(-c4cnn(C)c4)cc3c3c(I)c(F)cnc32)cc1.Cc1ccc(S(=O)(=O)n2c3cnc(-c4cnn(C)c4)cc3c3cc(F)cnc32)cc1. The maximum absolute atomic E-state index is 14.4. The average Bonchev–Trinajstić information content (AvgIpc) is 4.03. The summed E-state index contributed by atoms with van der Waals surface area (Å²) in [6.45, 7) is 3.76. The van der Waals surface area contributed by atoms with Gasteiger partial charge in [-0.3, -0.25) is 19.3 Å². The van der Waals surface area contributed by atoms with Gasteiger partial charge in [0.05, 0.1) is 73.0 Å². The third-order valence-corrected chi connectivity index (χ3v) is 14.5. The van der Waals surface area contributed by atoms with Crippen LogP contribution >= 0.6 is 22.6 Å². The summed E-state index contributed by atoms with van der Waals surface area (Å²) >= 11 is 1.88. The molecule has 10 rings (SSSR count). The molecule has 8 heterocycles. The molecule has 0 aliphatic carbocycles. The molecule has 0 unspecified atom stereocenters. The van der Waals surface area contributed by atoms with Gasteiger partial charge < -0.3 is 0 Å². The van der Waals surface area contributed by atoms with Crippen LogP contribution in [0.25, 0.3) is 66.4 Å². The monoisotopic (exact) mass is 968 g/mol. The molecule has 0 atom stereocenters. The zero-order valence-electron chi connectivity index (χ0n) is 32.5. The first kappa shape index (κ1) is 40.0. The number of pyridine rings is 4. The van der Waals surface area contributed by atoms with Gasteiger partial charge in [0, 0.05) is 59.2 Å². The lowest BCUT2D eigenvalue weighted by Gasteiger charge is -2.09. The third kappa shape index (κ3) is 6.91. The van der Waals surface area contributed by atoms with Crippen molar-refractivity contribution < 1.29 is 25.6 Å². The van der Waals surface area contributed by atoms with Crippen molar-refractivity contribution in [3.05, 3.63) is 143 Å². The van der Waals surface area contributed by atoms with Crippen molar-refractivity contribution in [2.45, 2.75) is 23.6 Å². The molecule has 0 aliphatic rings. The molecule has 0 saturated heterocycles. The molecule has 0 radical (unpaired) electrons. The Balaban J connectivity index is 0.000000156. The van der Waals surface area contributed by atoms with E-state index in [0.717, 1.165) is 42.6 Å². The maximum atomic E-state index is 14.4. The summed E-state index contributed by atoms with van der Waals surface area (Å²) in [6, 6.07) is 17.9. The van der Waals surface area contributed by atoms with Crippen molar-refractivity contribution in [1.82, 2.24) is 47.4 Å². The van der Waals surface area contributed by atoms with Crippen LogP contribution in [0.3, 0.4) is 0 Å². The van der Waals surface area contributed by atoms with E-state index >= 15 is 0 Å². The Morgan fingerprint density at radius 1 is 0.557 bits per heavy atom. The lowest BCUT2D eigenvalue weighted by Crippen LogP contribution is -2.13. The molecule has 2 aromatic carbocycles. The molecule has 0 fully saturated rings. The predicted molar refractivity (Wildman–Crippen MR) is 235 cm³/mol. The van der Waals surface area contributed by atoms with Gasteiger partial charge >= 0.3 is 0 Å². The smallest absolute Gasteiger partial charge is 0.269 e. The fraction of sp³-hybridized carbons (Fsp3) is 0.0952. The second-order valence-corrected chi connectivity index (χ2v) is 18.9. The minimum Gasteiger partial charge on any atom is -0.275 e. The van der Waals surface area contributed by atoms with Gasteiger partial charge in [-0.25, -0.2) is 43.5 Å². The molecular weight excluding hydrogens is 938 g/mol. The number of aromatic nitrogens is 10. The highest BCUT2D eigenvalue weighted by atomic mass is 127. The lowest BCUT2D eigenvalue weighted by atomic mass is 10.1. The highest BCUT2D eigenvalue weighted by Crippen LogP contribution is 2.37. The van der Waals surface area contributed by atoms with E-state index in [1.165, 1.54) is 18.5 Å². The zero-order chi connectivity index (χ0) is 43.0. The number of nitrogens with zero attached hydrogens (tertiary/aromatic N) is 10. The van der Waals surface area contributed by atoms with Crippen LogP contribution in [0.2, 0.25) is 0 Å². The number of rotatable bonds is 6. The normalized spacial score (nSPS) is 12.1. The molecule has 0 saturated carbocycles. The molecule has 10 aromatic rings.